The van der Waals surface area contributed by atoms with E-state index in [2.05, 4.69) is 10.4 Å². The van der Waals surface area contributed by atoms with Gasteiger partial charge >= 0.3 is 6.18 Å². The van der Waals surface area contributed by atoms with Crippen molar-refractivity contribution in [2.75, 3.05) is 5.32 Å². The van der Waals surface area contributed by atoms with Crippen molar-refractivity contribution in [2.24, 2.45) is 0 Å². The molecule has 1 N–H and O–H groups in total. The second-order valence-electron chi connectivity index (χ2n) is 5.86. The van der Waals surface area contributed by atoms with Crippen LogP contribution in [0, 0.1) is 24.1 Å². The minimum absolute atomic E-state index is 0.0142. The van der Waals surface area contributed by atoms with Crippen LogP contribution in [0.1, 0.15) is 27.2 Å². The van der Waals surface area contributed by atoms with Gasteiger partial charge in [-0.05, 0) is 36.8 Å². The number of amides is 1. The van der Waals surface area contributed by atoms with Crippen LogP contribution < -0.4 is 5.32 Å². The van der Waals surface area contributed by atoms with Crippen molar-refractivity contribution in [3.05, 3.63) is 76.9 Å². The van der Waals surface area contributed by atoms with E-state index in [0.717, 1.165) is 24.4 Å². The summed E-state index contributed by atoms with van der Waals surface area (Å²) in [6, 6.07) is 11.0. The van der Waals surface area contributed by atoms with Gasteiger partial charge in [0.25, 0.3) is 5.91 Å². The molecule has 0 aliphatic carbocycles. The fourth-order valence-corrected chi connectivity index (χ4v) is 2.66. The molecular formula is C19H12F4N4O. The Kier molecular flexibility index (Phi) is 4.88. The lowest BCUT2D eigenvalue weighted by atomic mass is 10.1. The number of rotatable bonds is 3. The molecule has 1 amide bonds. The molecule has 0 saturated carbocycles. The molecular weight excluding hydrogens is 376 g/mol. The largest absolute Gasteiger partial charge is 0.434 e. The number of halogens is 4. The van der Waals surface area contributed by atoms with Gasteiger partial charge in [0.2, 0.25) is 0 Å². The molecule has 1 heterocycles. The lowest BCUT2D eigenvalue weighted by molar-refractivity contribution is -0.143. The molecule has 0 aliphatic heterocycles. The lowest BCUT2D eigenvalue weighted by Gasteiger charge is -2.14. The molecule has 0 fully saturated rings. The zero-order valence-electron chi connectivity index (χ0n) is 14.4. The van der Waals surface area contributed by atoms with Crippen molar-refractivity contribution in [3.63, 3.8) is 0 Å². The second-order valence-corrected chi connectivity index (χ2v) is 5.86. The van der Waals surface area contributed by atoms with Crippen LogP contribution >= 0.6 is 0 Å². The Labute approximate surface area is 156 Å². The Balaban J connectivity index is 2.04. The summed E-state index contributed by atoms with van der Waals surface area (Å²) < 4.78 is 55.1. The molecule has 3 rings (SSSR count). The van der Waals surface area contributed by atoms with Gasteiger partial charge in [0, 0.05) is 5.69 Å². The first-order valence-electron chi connectivity index (χ1n) is 7.94. The van der Waals surface area contributed by atoms with Gasteiger partial charge in [-0.15, -0.1) is 0 Å². The van der Waals surface area contributed by atoms with Crippen LogP contribution in [0.15, 0.2) is 48.7 Å². The van der Waals surface area contributed by atoms with Gasteiger partial charge in [-0.25, -0.2) is 9.07 Å². The fourth-order valence-electron chi connectivity index (χ4n) is 2.66. The first-order chi connectivity index (χ1) is 13.2. The van der Waals surface area contributed by atoms with E-state index in [1.54, 1.807) is 31.2 Å². The number of aryl methyl sites for hydroxylation is 1. The summed E-state index contributed by atoms with van der Waals surface area (Å²) in [4.78, 5) is 12.5. The summed E-state index contributed by atoms with van der Waals surface area (Å²) in [6.45, 7) is 1.62. The Morgan fingerprint density at radius 3 is 2.57 bits per heavy atom. The SMILES string of the molecule is Cc1ccccc1-n1ncc(C(=O)Nc2ccc(F)c(C#N)c2)c1C(F)(F)F. The third kappa shape index (κ3) is 3.57. The second kappa shape index (κ2) is 7.15. The van der Waals surface area contributed by atoms with Gasteiger partial charge in [0.05, 0.1) is 23.0 Å². The predicted molar refractivity (Wildman–Crippen MR) is 92.4 cm³/mol. The maximum absolute atomic E-state index is 13.7. The zero-order chi connectivity index (χ0) is 20.5. The average molecular weight is 388 g/mol. The van der Waals surface area contributed by atoms with Crippen LogP contribution in [-0.4, -0.2) is 15.7 Å². The number of hydrogen-bond donors (Lipinski definition) is 1. The molecule has 0 saturated heterocycles. The number of nitrogens with zero attached hydrogens (tertiary/aromatic N) is 3. The molecule has 142 valence electrons. The lowest BCUT2D eigenvalue weighted by Crippen LogP contribution is -2.21. The van der Waals surface area contributed by atoms with E-state index >= 15 is 0 Å². The van der Waals surface area contributed by atoms with Crippen molar-refractivity contribution < 1.29 is 22.4 Å². The highest BCUT2D eigenvalue weighted by atomic mass is 19.4. The summed E-state index contributed by atoms with van der Waals surface area (Å²) in [5.41, 5.74) is -1.56. The summed E-state index contributed by atoms with van der Waals surface area (Å²) in [6.07, 6.45) is -4.04. The Morgan fingerprint density at radius 1 is 1.21 bits per heavy atom. The molecule has 0 unspecified atom stereocenters. The Hall–Kier alpha value is -3.67. The maximum Gasteiger partial charge on any atom is 0.434 e. The molecule has 0 aliphatic rings. The van der Waals surface area contributed by atoms with Crippen LogP contribution in [0.4, 0.5) is 23.2 Å². The minimum Gasteiger partial charge on any atom is -0.322 e. The molecule has 2 aromatic carbocycles. The first kappa shape index (κ1) is 19.1. The average Bonchev–Trinajstić information content (AvgIpc) is 3.09. The van der Waals surface area contributed by atoms with Gasteiger partial charge in [0.1, 0.15) is 11.9 Å². The van der Waals surface area contributed by atoms with Crippen LogP contribution in [-0.2, 0) is 6.18 Å². The van der Waals surface area contributed by atoms with Gasteiger partial charge in [-0.3, -0.25) is 4.79 Å². The molecule has 9 heteroatoms. The number of alkyl halides is 3. The van der Waals surface area contributed by atoms with Crippen molar-refractivity contribution in [1.29, 1.82) is 5.26 Å². The highest BCUT2D eigenvalue weighted by molar-refractivity contribution is 6.05. The van der Waals surface area contributed by atoms with E-state index in [-0.39, 0.29) is 16.9 Å². The van der Waals surface area contributed by atoms with E-state index in [1.165, 1.54) is 6.07 Å². The predicted octanol–water partition coefficient (Wildman–Crippen LogP) is 4.46. The van der Waals surface area contributed by atoms with Crippen molar-refractivity contribution in [3.8, 4) is 11.8 Å². The number of benzene rings is 2. The topological polar surface area (TPSA) is 70.7 Å². The van der Waals surface area contributed by atoms with Crippen LogP contribution in [0.5, 0.6) is 0 Å². The maximum atomic E-state index is 13.7. The molecule has 0 atom stereocenters. The van der Waals surface area contributed by atoms with Crippen LogP contribution in [0.2, 0.25) is 0 Å². The minimum atomic E-state index is -4.86. The molecule has 0 bridgehead atoms. The third-order valence-electron chi connectivity index (χ3n) is 3.97. The number of nitriles is 1. The highest BCUT2D eigenvalue weighted by Crippen LogP contribution is 2.34. The number of nitrogens with one attached hydrogen (secondary N) is 1. The molecule has 0 spiro atoms. The number of carbonyl (C=O) groups excluding carboxylic acids is 1. The molecule has 1 aromatic heterocycles. The summed E-state index contributed by atoms with van der Waals surface area (Å²) in [7, 11) is 0. The van der Waals surface area contributed by atoms with Gasteiger partial charge in [0.15, 0.2) is 5.69 Å². The number of para-hydroxylation sites is 1. The first-order valence-corrected chi connectivity index (χ1v) is 7.94. The van der Waals surface area contributed by atoms with Crippen molar-refractivity contribution in [1.82, 2.24) is 9.78 Å². The van der Waals surface area contributed by atoms with E-state index < -0.39 is 29.2 Å². The standard InChI is InChI=1S/C19H12F4N4O/c1-11-4-2-3-5-16(11)27-17(19(21,22)23)14(10-25-27)18(28)26-13-6-7-15(20)12(8-13)9-24/h2-8,10H,1H3,(H,26,28). The zero-order valence-corrected chi connectivity index (χ0v) is 14.4. The normalized spacial score (nSPS) is 11.1. The summed E-state index contributed by atoms with van der Waals surface area (Å²) in [5.74, 6) is -1.88. The van der Waals surface area contributed by atoms with E-state index in [0.29, 0.717) is 10.2 Å². The van der Waals surface area contributed by atoms with Crippen LogP contribution in [0.25, 0.3) is 5.69 Å². The summed E-state index contributed by atoms with van der Waals surface area (Å²) >= 11 is 0. The van der Waals surface area contributed by atoms with Crippen LogP contribution in [0.3, 0.4) is 0 Å². The van der Waals surface area contributed by atoms with E-state index in [9.17, 15) is 22.4 Å². The Morgan fingerprint density at radius 2 is 1.93 bits per heavy atom. The smallest absolute Gasteiger partial charge is 0.322 e. The Bertz CT molecular complexity index is 1100. The molecule has 5 nitrogen and oxygen atoms in total. The van der Waals surface area contributed by atoms with E-state index in [4.69, 9.17) is 5.26 Å². The molecule has 3 aromatic rings. The number of hydrogen-bond acceptors (Lipinski definition) is 3. The number of anilines is 1. The van der Waals surface area contributed by atoms with Gasteiger partial charge in [-0.1, -0.05) is 18.2 Å². The molecule has 28 heavy (non-hydrogen) atoms. The van der Waals surface area contributed by atoms with E-state index in [1.807, 2.05) is 0 Å². The van der Waals surface area contributed by atoms with Gasteiger partial charge < -0.3 is 5.32 Å². The van der Waals surface area contributed by atoms with Gasteiger partial charge in [-0.2, -0.15) is 23.5 Å². The quantitative estimate of drug-likeness (QED) is 0.674. The summed E-state index contributed by atoms with van der Waals surface area (Å²) in [5, 5.41) is 14.8. The highest BCUT2D eigenvalue weighted by Gasteiger charge is 2.40. The number of aromatic nitrogens is 2. The fraction of sp³-hybridized carbons (Fsp3) is 0.105. The third-order valence-corrected chi connectivity index (χ3v) is 3.97. The molecule has 0 radical (unpaired) electrons. The van der Waals surface area contributed by atoms with Crippen molar-refractivity contribution in [2.45, 2.75) is 13.1 Å². The number of carbonyl (C=O) groups is 1. The van der Waals surface area contributed by atoms with Crippen molar-refractivity contribution >= 4 is 11.6 Å². The monoisotopic (exact) mass is 388 g/mol.